The summed E-state index contributed by atoms with van der Waals surface area (Å²) in [5.41, 5.74) is 0.310. The van der Waals surface area contributed by atoms with Crippen LogP contribution in [0.2, 0.25) is 5.02 Å². The van der Waals surface area contributed by atoms with Crippen LogP contribution in [-0.2, 0) is 4.79 Å². The molecule has 138 valence electrons. The maximum atomic E-state index is 12.7. The van der Waals surface area contributed by atoms with Gasteiger partial charge in [0.1, 0.15) is 6.04 Å². The molecule has 0 unspecified atom stereocenters. The van der Waals surface area contributed by atoms with Crippen molar-refractivity contribution >= 4 is 23.5 Å². The number of amides is 1. The SMILES string of the molecule is CCCCOc1c(Cl)cc(C(=O)N2CCC[C@H]2C(=O)O)cc1OCC. The van der Waals surface area contributed by atoms with Crippen LogP contribution in [0.1, 0.15) is 49.9 Å². The van der Waals surface area contributed by atoms with Gasteiger partial charge in [-0.1, -0.05) is 24.9 Å². The predicted octanol–water partition coefficient (Wildman–Crippen LogP) is 3.61. The van der Waals surface area contributed by atoms with Crippen LogP contribution in [0.25, 0.3) is 0 Å². The molecule has 25 heavy (non-hydrogen) atoms. The zero-order valence-electron chi connectivity index (χ0n) is 14.6. The van der Waals surface area contributed by atoms with Gasteiger partial charge in [0.2, 0.25) is 0 Å². The predicted molar refractivity (Wildman–Crippen MR) is 94.7 cm³/mol. The van der Waals surface area contributed by atoms with Crippen LogP contribution in [0, 0.1) is 0 Å². The van der Waals surface area contributed by atoms with Crippen molar-refractivity contribution in [1.29, 1.82) is 0 Å². The first kappa shape index (κ1) is 19.4. The van der Waals surface area contributed by atoms with Crippen molar-refractivity contribution in [2.75, 3.05) is 19.8 Å². The number of aliphatic carboxylic acids is 1. The molecule has 1 aliphatic heterocycles. The van der Waals surface area contributed by atoms with Crippen molar-refractivity contribution in [1.82, 2.24) is 4.90 Å². The van der Waals surface area contributed by atoms with E-state index in [4.69, 9.17) is 21.1 Å². The Morgan fingerprint density at radius 1 is 1.32 bits per heavy atom. The molecule has 1 fully saturated rings. The Labute approximate surface area is 152 Å². The minimum Gasteiger partial charge on any atom is -0.490 e. The molecule has 0 spiro atoms. The molecule has 1 heterocycles. The van der Waals surface area contributed by atoms with Gasteiger partial charge in [0.25, 0.3) is 5.91 Å². The Morgan fingerprint density at radius 2 is 2.08 bits per heavy atom. The lowest BCUT2D eigenvalue weighted by molar-refractivity contribution is -0.141. The lowest BCUT2D eigenvalue weighted by Gasteiger charge is -2.22. The standard InChI is InChI=1S/C18H24ClNO5/c1-3-5-9-25-16-13(19)10-12(11-15(16)24-4-2)17(21)20-8-6-7-14(20)18(22)23/h10-11,14H,3-9H2,1-2H3,(H,22,23)/t14-/m0/s1. The number of ether oxygens (including phenoxy) is 2. The second-order valence-electron chi connectivity index (χ2n) is 5.92. The first-order valence-corrected chi connectivity index (χ1v) is 9.00. The molecule has 1 amide bonds. The van der Waals surface area contributed by atoms with Gasteiger partial charge in [0, 0.05) is 12.1 Å². The lowest BCUT2D eigenvalue weighted by atomic mass is 10.1. The molecule has 1 aliphatic rings. The fourth-order valence-electron chi connectivity index (χ4n) is 2.85. The fraction of sp³-hybridized carbons (Fsp3) is 0.556. The maximum absolute atomic E-state index is 12.7. The summed E-state index contributed by atoms with van der Waals surface area (Å²) in [6, 6.07) is 2.31. The Morgan fingerprint density at radius 3 is 2.72 bits per heavy atom. The highest BCUT2D eigenvalue weighted by Gasteiger charge is 2.35. The molecular weight excluding hydrogens is 346 g/mol. The van der Waals surface area contributed by atoms with E-state index >= 15 is 0 Å². The molecule has 1 atom stereocenters. The molecule has 0 radical (unpaired) electrons. The molecule has 2 rings (SSSR count). The van der Waals surface area contributed by atoms with Crippen LogP contribution < -0.4 is 9.47 Å². The van der Waals surface area contributed by atoms with Crippen molar-refractivity contribution in [3.05, 3.63) is 22.7 Å². The molecule has 1 N–H and O–H groups in total. The van der Waals surface area contributed by atoms with Crippen molar-refractivity contribution in [2.45, 2.75) is 45.6 Å². The largest absolute Gasteiger partial charge is 0.490 e. The summed E-state index contributed by atoms with van der Waals surface area (Å²) in [6.45, 7) is 5.23. The number of carbonyl (C=O) groups excluding carboxylic acids is 1. The second-order valence-corrected chi connectivity index (χ2v) is 6.32. The van der Waals surface area contributed by atoms with Gasteiger partial charge >= 0.3 is 5.97 Å². The number of unbranched alkanes of at least 4 members (excludes halogenated alkanes) is 1. The molecular formula is C18H24ClNO5. The summed E-state index contributed by atoms with van der Waals surface area (Å²) in [7, 11) is 0. The highest BCUT2D eigenvalue weighted by molar-refractivity contribution is 6.32. The van der Waals surface area contributed by atoms with Crippen molar-refractivity contribution < 1.29 is 24.2 Å². The van der Waals surface area contributed by atoms with Crippen LogP contribution in [0.3, 0.4) is 0 Å². The summed E-state index contributed by atoms with van der Waals surface area (Å²) in [5.74, 6) is -0.514. The molecule has 7 heteroatoms. The third-order valence-electron chi connectivity index (χ3n) is 4.10. The van der Waals surface area contributed by atoms with Gasteiger partial charge < -0.3 is 19.5 Å². The van der Waals surface area contributed by atoms with Gasteiger partial charge in [-0.25, -0.2) is 4.79 Å². The first-order chi connectivity index (χ1) is 12.0. The Bertz CT molecular complexity index is 634. The van der Waals surface area contributed by atoms with Crippen LogP contribution in [-0.4, -0.2) is 47.7 Å². The van der Waals surface area contributed by atoms with Gasteiger partial charge in [-0.05, 0) is 38.3 Å². The topological polar surface area (TPSA) is 76.1 Å². The monoisotopic (exact) mass is 369 g/mol. The van der Waals surface area contributed by atoms with Crippen LogP contribution >= 0.6 is 11.6 Å². The van der Waals surface area contributed by atoms with Crippen LogP contribution in [0.5, 0.6) is 11.5 Å². The molecule has 0 aromatic heterocycles. The average Bonchev–Trinajstić information content (AvgIpc) is 3.06. The third kappa shape index (κ3) is 4.57. The third-order valence-corrected chi connectivity index (χ3v) is 4.38. The number of carbonyl (C=O) groups is 2. The van der Waals surface area contributed by atoms with E-state index in [1.807, 2.05) is 6.92 Å². The van der Waals surface area contributed by atoms with Gasteiger partial charge in [-0.15, -0.1) is 0 Å². The van der Waals surface area contributed by atoms with Gasteiger partial charge in [0.05, 0.1) is 18.2 Å². The molecule has 0 bridgehead atoms. The number of halogens is 1. The maximum Gasteiger partial charge on any atom is 0.326 e. The normalized spacial score (nSPS) is 16.8. The highest BCUT2D eigenvalue weighted by atomic mass is 35.5. The first-order valence-electron chi connectivity index (χ1n) is 8.62. The number of rotatable bonds is 8. The summed E-state index contributed by atoms with van der Waals surface area (Å²) in [5, 5.41) is 9.56. The minimum atomic E-state index is -0.985. The number of carboxylic acids is 1. The van der Waals surface area contributed by atoms with Crippen molar-refractivity contribution in [3.63, 3.8) is 0 Å². The zero-order chi connectivity index (χ0) is 18.4. The number of nitrogens with zero attached hydrogens (tertiary/aromatic N) is 1. The summed E-state index contributed by atoms with van der Waals surface area (Å²) in [4.78, 5) is 25.4. The van der Waals surface area contributed by atoms with Gasteiger partial charge in [-0.2, -0.15) is 0 Å². The van der Waals surface area contributed by atoms with Crippen molar-refractivity contribution in [3.8, 4) is 11.5 Å². The number of hydrogen-bond donors (Lipinski definition) is 1. The van der Waals surface area contributed by atoms with Gasteiger partial charge in [0.15, 0.2) is 11.5 Å². The summed E-state index contributed by atoms with van der Waals surface area (Å²) < 4.78 is 11.3. The summed E-state index contributed by atoms with van der Waals surface area (Å²) >= 11 is 6.31. The summed E-state index contributed by atoms with van der Waals surface area (Å²) in [6.07, 6.45) is 3.01. The number of hydrogen-bond acceptors (Lipinski definition) is 4. The van der Waals surface area contributed by atoms with E-state index < -0.39 is 12.0 Å². The van der Waals surface area contributed by atoms with Crippen molar-refractivity contribution in [2.24, 2.45) is 0 Å². The zero-order valence-corrected chi connectivity index (χ0v) is 15.3. The molecule has 1 aromatic rings. The van der Waals surface area contributed by atoms with E-state index in [1.165, 1.54) is 11.0 Å². The molecule has 0 saturated carbocycles. The Balaban J connectivity index is 2.28. The van der Waals surface area contributed by atoms with E-state index in [0.717, 1.165) is 12.8 Å². The average molecular weight is 370 g/mol. The molecule has 0 aliphatic carbocycles. The molecule has 1 aromatic carbocycles. The number of benzene rings is 1. The van der Waals surface area contributed by atoms with Gasteiger partial charge in [-0.3, -0.25) is 4.79 Å². The number of carboxylic acid groups (broad SMARTS) is 1. The quantitative estimate of drug-likeness (QED) is 0.708. The van der Waals surface area contributed by atoms with E-state index in [2.05, 4.69) is 6.92 Å². The Kier molecular flexibility index (Phi) is 6.93. The van der Waals surface area contributed by atoms with Crippen LogP contribution in [0.4, 0.5) is 0 Å². The van der Waals surface area contributed by atoms with E-state index in [9.17, 15) is 14.7 Å². The smallest absolute Gasteiger partial charge is 0.326 e. The minimum absolute atomic E-state index is 0.288. The van der Waals surface area contributed by atoms with E-state index in [1.54, 1.807) is 6.07 Å². The molecule has 6 nitrogen and oxygen atoms in total. The Hall–Kier alpha value is -1.95. The lowest BCUT2D eigenvalue weighted by Crippen LogP contribution is -2.40. The van der Waals surface area contributed by atoms with E-state index in [0.29, 0.717) is 49.7 Å². The molecule has 1 saturated heterocycles. The highest BCUT2D eigenvalue weighted by Crippen LogP contribution is 2.37. The van der Waals surface area contributed by atoms with Crippen LogP contribution in [0.15, 0.2) is 12.1 Å². The number of likely N-dealkylation sites (tertiary alicyclic amines) is 1. The van der Waals surface area contributed by atoms with E-state index in [-0.39, 0.29) is 10.9 Å². The fourth-order valence-corrected chi connectivity index (χ4v) is 3.11. The second kappa shape index (κ2) is 8.94.